The standard InChI is InChI=1S/C51H44N2O3/c1-39-15-11-18-41(33-39)38-55-50-27-13-24-46(35-50)53(43-21-9-4-10-22-43)47-25-14-28-51(36-47)56-48-31-29-44(30-32-48)52(42-19-7-3-8-20-42)45-23-12-26-49(34-45)54-37-40-16-5-2-6-17-40/h2-32,34-36,39H,33,37-38H2,1H3. The van der Waals surface area contributed by atoms with Crippen LogP contribution in [0.3, 0.4) is 0 Å². The lowest BCUT2D eigenvalue weighted by Crippen LogP contribution is -2.11. The summed E-state index contributed by atoms with van der Waals surface area (Å²) >= 11 is 0. The van der Waals surface area contributed by atoms with Gasteiger partial charge in [0.05, 0.1) is 0 Å². The molecule has 5 heteroatoms. The third-order valence-corrected chi connectivity index (χ3v) is 9.62. The Bertz CT molecular complexity index is 2390. The molecule has 7 aromatic carbocycles. The molecule has 1 unspecified atom stereocenters. The Morgan fingerprint density at radius 3 is 1.48 bits per heavy atom. The van der Waals surface area contributed by atoms with Gasteiger partial charge in [-0.15, -0.1) is 0 Å². The molecule has 0 heterocycles. The summed E-state index contributed by atoms with van der Waals surface area (Å²) in [5.41, 5.74) is 8.48. The van der Waals surface area contributed by atoms with Gasteiger partial charge in [0.2, 0.25) is 0 Å². The van der Waals surface area contributed by atoms with Crippen LogP contribution in [0.5, 0.6) is 23.0 Å². The monoisotopic (exact) mass is 732 g/mol. The third-order valence-electron chi connectivity index (χ3n) is 9.62. The normalized spacial score (nSPS) is 13.4. The zero-order valence-electron chi connectivity index (χ0n) is 31.4. The van der Waals surface area contributed by atoms with Gasteiger partial charge in [0.25, 0.3) is 0 Å². The van der Waals surface area contributed by atoms with Crippen molar-refractivity contribution in [2.24, 2.45) is 5.92 Å². The van der Waals surface area contributed by atoms with E-state index in [2.05, 4.69) is 144 Å². The Labute approximate surface area is 330 Å². The van der Waals surface area contributed by atoms with Crippen LogP contribution < -0.4 is 24.0 Å². The van der Waals surface area contributed by atoms with Crippen molar-refractivity contribution in [1.82, 2.24) is 0 Å². The summed E-state index contributed by atoms with van der Waals surface area (Å²) in [6.07, 6.45) is 7.55. The first-order valence-corrected chi connectivity index (χ1v) is 19.1. The molecule has 8 rings (SSSR count). The van der Waals surface area contributed by atoms with Crippen molar-refractivity contribution in [1.29, 1.82) is 0 Å². The molecule has 0 aliphatic heterocycles. The quantitative estimate of drug-likeness (QED) is 0.111. The molecule has 1 aliphatic rings. The van der Waals surface area contributed by atoms with Crippen LogP contribution in [0.1, 0.15) is 18.9 Å². The lowest BCUT2D eigenvalue weighted by Gasteiger charge is -2.26. The molecule has 0 aromatic heterocycles. The molecule has 0 radical (unpaired) electrons. The summed E-state index contributed by atoms with van der Waals surface area (Å²) in [5.74, 6) is 3.64. The minimum Gasteiger partial charge on any atom is -0.489 e. The Hall–Kier alpha value is -6.98. The molecule has 1 aliphatic carbocycles. The van der Waals surface area contributed by atoms with E-state index in [0.29, 0.717) is 19.1 Å². The SMILES string of the molecule is CC1C=CC=C(COc2cccc(N(c3ccccc3)c3cccc(Oc4ccc(N(c5ccccc5)c5cccc(OCc6ccccc6)c5)cc4)c3)c2)C1. The summed E-state index contributed by atoms with van der Waals surface area (Å²) in [6, 6.07) is 63.9. The van der Waals surface area contributed by atoms with Crippen molar-refractivity contribution >= 4 is 34.1 Å². The fourth-order valence-corrected chi connectivity index (χ4v) is 6.91. The molecule has 0 spiro atoms. The smallest absolute Gasteiger partial charge is 0.129 e. The number of anilines is 6. The predicted octanol–water partition coefficient (Wildman–Crippen LogP) is 13.9. The molecule has 0 saturated heterocycles. The molecule has 0 saturated carbocycles. The van der Waals surface area contributed by atoms with Crippen LogP contribution in [0, 0.1) is 5.92 Å². The minimum atomic E-state index is 0.503. The Kier molecular flexibility index (Phi) is 11.2. The summed E-state index contributed by atoms with van der Waals surface area (Å²) < 4.78 is 19.0. The lowest BCUT2D eigenvalue weighted by molar-refractivity contribution is 0.306. The van der Waals surface area contributed by atoms with E-state index in [9.17, 15) is 0 Å². The molecule has 1 atom stereocenters. The van der Waals surface area contributed by atoms with E-state index in [0.717, 1.165) is 69.1 Å². The molecular formula is C51H44N2O3. The average molecular weight is 733 g/mol. The predicted molar refractivity (Wildman–Crippen MR) is 230 cm³/mol. The molecular weight excluding hydrogens is 689 g/mol. The van der Waals surface area contributed by atoms with Gasteiger partial charge in [-0.2, -0.15) is 0 Å². The Morgan fingerprint density at radius 1 is 0.446 bits per heavy atom. The number of benzene rings is 7. The molecule has 56 heavy (non-hydrogen) atoms. The third kappa shape index (κ3) is 9.03. The van der Waals surface area contributed by atoms with Gasteiger partial charge in [0.15, 0.2) is 0 Å². The number of para-hydroxylation sites is 2. The van der Waals surface area contributed by atoms with E-state index in [1.165, 1.54) is 5.57 Å². The zero-order chi connectivity index (χ0) is 37.9. The van der Waals surface area contributed by atoms with Crippen molar-refractivity contribution in [2.45, 2.75) is 20.0 Å². The van der Waals surface area contributed by atoms with Gasteiger partial charge < -0.3 is 24.0 Å². The molecule has 276 valence electrons. The topological polar surface area (TPSA) is 34.2 Å². The molecule has 0 fully saturated rings. The van der Waals surface area contributed by atoms with E-state index in [1.807, 2.05) is 78.9 Å². The highest BCUT2D eigenvalue weighted by molar-refractivity contribution is 5.79. The fraction of sp³-hybridized carbons (Fsp3) is 0.0980. The maximum atomic E-state index is 6.52. The van der Waals surface area contributed by atoms with Crippen molar-refractivity contribution < 1.29 is 14.2 Å². The van der Waals surface area contributed by atoms with Crippen molar-refractivity contribution in [3.63, 3.8) is 0 Å². The molecule has 0 N–H and O–H groups in total. The molecule has 7 aromatic rings. The largest absolute Gasteiger partial charge is 0.489 e. The van der Waals surface area contributed by atoms with Crippen molar-refractivity contribution in [3.8, 4) is 23.0 Å². The van der Waals surface area contributed by atoms with Gasteiger partial charge in [-0.1, -0.05) is 110 Å². The summed E-state index contributed by atoms with van der Waals surface area (Å²) in [7, 11) is 0. The number of nitrogens with zero attached hydrogens (tertiary/aromatic N) is 2. The Balaban J connectivity index is 1.03. The van der Waals surface area contributed by atoms with Gasteiger partial charge in [0.1, 0.15) is 36.2 Å². The van der Waals surface area contributed by atoms with Gasteiger partial charge in [0, 0.05) is 52.3 Å². The number of ether oxygens (including phenoxy) is 3. The van der Waals surface area contributed by atoms with E-state index >= 15 is 0 Å². The average Bonchev–Trinajstić information content (AvgIpc) is 3.25. The summed E-state index contributed by atoms with van der Waals surface area (Å²) in [6.45, 7) is 3.31. The second kappa shape index (κ2) is 17.4. The Morgan fingerprint density at radius 2 is 0.911 bits per heavy atom. The van der Waals surface area contributed by atoms with Crippen LogP contribution in [0.25, 0.3) is 0 Å². The highest BCUT2D eigenvalue weighted by Gasteiger charge is 2.17. The second-order valence-corrected chi connectivity index (χ2v) is 13.9. The van der Waals surface area contributed by atoms with Gasteiger partial charge in [-0.3, -0.25) is 0 Å². The van der Waals surface area contributed by atoms with E-state index in [1.54, 1.807) is 0 Å². The number of rotatable bonds is 14. The minimum absolute atomic E-state index is 0.503. The molecule has 0 bridgehead atoms. The van der Waals surface area contributed by atoms with Gasteiger partial charge >= 0.3 is 0 Å². The van der Waals surface area contributed by atoms with Crippen LogP contribution in [0.2, 0.25) is 0 Å². The van der Waals surface area contributed by atoms with Crippen LogP contribution in [0.4, 0.5) is 34.1 Å². The highest BCUT2D eigenvalue weighted by atomic mass is 16.5. The van der Waals surface area contributed by atoms with Crippen LogP contribution in [-0.2, 0) is 6.61 Å². The second-order valence-electron chi connectivity index (χ2n) is 13.9. The maximum Gasteiger partial charge on any atom is 0.129 e. The van der Waals surface area contributed by atoms with Crippen LogP contribution >= 0.6 is 0 Å². The first kappa shape index (κ1) is 36.0. The summed E-state index contributed by atoms with van der Waals surface area (Å²) in [4.78, 5) is 4.45. The summed E-state index contributed by atoms with van der Waals surface area (Å²) in [5, 5.41) is 0. The van der Waals surface area contributed by atoms with E-state index in [4.69, 9.17) is 14.2 Å². The van der Waals surface area contributed by atoms with Gasteiger partial charge in [-0.25, -0.2) is 0 Å². The first-order valence-electron chi connectivity index (χ1n) is 19.1. The number of hydrogen-bond acceptors (Lipinski definition) is 5. The van der Waals surface area contributed by atoms with Crippen molar-refractivity contribution in [3.05, 3.63) is 217 Å². The van der Waals surface area contributed by atoms with Crippen LogP contribution in [0.15, 0.2) is 212 Å². The molecule has 0 amide bonds. The van der Waals surface area contributed by atoms with E-state index < -0.39 is 0 Å². The lowest BCUT2D eigenvalue weighted by atomic mass is 9.97. The highest BCUT2D eigenvalue weighted by Crippen LogP contribution is 2.40. The van der Waals surface area contributed by atoms with Crippen molar-refractivity contribution in [2.75, 3.05) is 16.4 Å². The molecule has 5 nitrogen and oxygen atoms in total. The van der Waals surface area contributed by atoms with Gasteiger partial charge in [-0.05, 0) is 108 Å². The maximum absolute atomic E-state index is 6.52. The van der Waals surface area contributed by atoms with E-state index in [-0.39, 0.29) is 0 Å². The number of hydrogen-bond donors (Lipinski definition) is 0. The zero-order valence-corrected chi connectivity index (χ0v) is 31.4. The van der Waals surface area contributed by atoms with Crippen LogP contribution in [-0.4, -0.2) is 6.61 Å². The number of allylic oxidation sites excluding steroid dienone is 3. The fourth-order valence-electron chi connectivity index (χ4n) is 6.91. The first-order chi connectivity index (χ1) is 27.6.